The van der Waals surface area contributed by atoms with E-state index in [1.165, 1.54) is 22.3 Å². The van der Waals surface area contributed by atoms with E-state index in [2.05, 4.69) is 68.5 Å². The van der Waals surface area contributed by atoms with Gasteiger partial charge in [-0.25, -0.2) is 17.3 Å². The van der Waals surface area contributed by atoms with Gasteiger partial charge in [-0.2, -0.15) is 0 Å². The van der Waals surface area contributed by atoms with Crippen LogP contribution in [-0.2, 0) is 52.9 Å². The zero-order chi connectivity index (χ0) is 62.0. The lowest BCUT2D eigenvalue weighted by Crippen LogP contribution is -2.55. The number of carbonyl (C=O) groups is 2. The van der Waals surface area contributed by atoms with Crippen LogP contribution in [0.4, 0.5) is 11.4 Å². The van der Waals surface area contributed by atoms with Gasteiger partial charge in [-0.3, -0.25) is 14.3 Å². The summed E-state index contributed by atoms with van der Waals surface area (Å²) in [5.41, 5.74) is 6.24. The van der Waals surface area contributed by atoms with Crippen molar-refractivity contribution in [3.63, 3.8) is 0 Å². The number of rotatable bonds is 2. The van der Waals surface area contributed by atoms with E-state index < -0.39 is 36.5 Å². The van der Waals surface area contributed by atoms with Gasteiger partial charge in [0.15, 0.2) is 0 Å². The summed E-state index contributed by atoms with van der Waals surface area (Å²) < 4.78 is 71.6. The highest BCUT2D eigenvalue weighted by Crippen LogP contribution is 2.53. The Morgan fingerprint density at radius 1 is 0.659 bits per heavy atom. The van der Waals surface area contributed by atoms with E-state index in [-0.39, 0.29) is 63.4 Å². The summed E-state index contributed by atoms with van der Waals surface area (Å²) in [6.45, 7) is 12.4. The maximum absolute atomic E-state index is 13.8. The first-order chi connectivity index (χ1) is 42.1. The topological polar surface area (TPSA) is 173 Å². The van der Waals surface area contributed by atoms with Crippen molar-refractivity contribution in [2.24, 2.45) is 35.5 Å². The Bertz CT molecular complexity index is 3550. The van der Waals surface area contributed by atoms with Crippen LogP contribution in [-0.4, -0.2) is 117 Å². The zero-order valence-electron chi connectivity index (χ0n) is 52.0. The van der Waals surface area contributed by atoms with E-state index in [0.717, 1.165) is 137 Å². The highest BCUT2D eigenvalue weighted by Gasteiger charge is 2.52. The number of allylic oxidation sites excluding steroid dienone is 1. The van der Waals surface area contributed by atoms with Crippen LogP contribution in [0.25, 0.3) is 0 Å². The number of halogens is 2. The van der Waals surface area contributed by atoms with Crippen LogP contribution in [0, 0.1) is 35.5 Å². The minimum atomic E-state index is -3.92. The number of aryl methyl sites for hydroxylation is 2. The quantitative estimate of drug-likeness (QED) is 0.128. The molecular formula is C70H90Cl2N4O10S2. The van der Waals surface area contributed by atoms with Crippen molar-refractivity contribution in [3.05, 3.63) is 128 Å². The predicted molar refractivity (Wildman–Crippen MR) is 352 cm³/mol. The predicted octanol–water partition coefficient (Wildman–Crippen LogP) is 12.2. The van der Waals surface area contributed by atoms with Gasteiger partial charge in [-0.1, -0.05) is 67.8 Å². The van der Waals surface area contributed by atoms with E-state index in [4.69, 9.17) is 42.1 Å². The Morgan fingerprint density at radius 3 is 1.73 bits per heavy atom. The first kappa shape index (κ1) is 63.3. The van der Waals surface area contributed by atoms with E-state index in [1.54, 1.807) is 38.3 Å². The average Bonchev–Trinajstić information content (AvgIpc) is 2.46. The molecule has 2 amide bonds. The Balaban J connectivity index is 0.000000171. The lowest BCUT2D eigenvalue weighted by molar-refractivity contribution is -0.141. The van der Waals surface area contributed by atoms with E-state index in [1.807, 2.05) is 38.1 Å². The molecule has 2 saturated carbocycles. The van der Waals surface area contributed by atoms with Crippen LogP contribution >= 0.6 is 23.2 Å². The molecule has 88 heavy (non-hydrogen) atoms. The highest BCUT2D eigenvalue weighted by atomic mass is 35.5. The summed E-state index contributed by atoms with van der Waals surface area (Å²) in [4.78, 5) is 31.9. The van der Waals surface area contributed by atoms with Gasteiger partial charge in [0.05, 0.1) is 57.4 Å². The summed E-state index contributed by atoms with van der Waals surface area (Å²) in [7, 11) is -5.12. The van der Waals surface area contributed by atoms with Crippen LogP contribution in [0.5, 0.6) is 11.5 Å². The number of aliphatic hydroxyl groups excluding tert-OH is 1. The van der Waals surface area contributed by atoms with E-state index in [0.29, 0.717) is 62.3 Å². The fraction of sp³-hybridized carbons (Fsp3) is 0.586. The third kappa shape index (κ3) is 12.0. The number of anilines is 2. The minimum Gasteiger partial charge on any atom is -0.490 e. The SMILES string of the molecule is C=S1(=O)NC(=O)c2ccc3c(c2)N(C[C@@H]2CC[C@H]2[C@@]2(/C=C/C[C@H](C)[C@H]1C)CCCO2)C[C@@]1(CCCc2cc(Cl)ccc21)CO3.CO[C@@]1(CO)CCC[C@H](C)[C@@H](C)S(=O)(=O)NC(=O)c2ccc3c(c2)N(C[C@@H]2CC[C@H]21)C[C@@]1(CCCc2cc(Cl)ccc21)CO3. The Hall–Kier alpha value is -4.81. The molecule has 4 bridgehead atoms. The molecule has 13 atom stereocenters. The van der Waals surface area contributed by atoms with Gasteiger partial charge >= 0.3 is 0 Å². The number of aliphatic hydroxyl groups is 1. The first-order valence-corrected chi connectivity index (χ1v) is 36.5. The van der Waals surface area contributed by atoms with Gasteiger partial charge in [-0.15, -0.1) is 0 Å². The number of sulfonamides is 1. The molecule has 3 N–H and O–H groups in total. The van der Waals surface area contributed by atoms with Crippen LogP contribution in [0.2, 0.25) is 10.0 Å². The lowest BCUT2D eigenvalue weighted by Gasteiger charge is -2.51. The number of nitrogens with zero attached hydrogens (tertiary/aromatic N) is 2. The van der Waals surface area contributed by atoms with Crippen LogP contribution in [0.15, 0.2) is 84.9 Å². The van der Waals surface area contributed by atoms with Crippen molar-refractivity contribution in [3.8, 4) is 11.5 Å². The number of methoxy groups -OCH3 is 1. The van der Waals surface area contributed by atoms with Crippen molar-refractivity contribution in [1.29, 1.82) is 0 Å². The summed E-state index contributed by atoms with van der Waals surface area (Å²) in [6.07, 6.45) is 19.8. The molecule has 5 heterocycles. The Morgan fingerprint density at radius 2 is 1.22 bits per heavy atom. The molecule has 0 aromatic heterocycles. The van der Waals surface area contributed by atoms with E-state index in [9.17, 15) is 27.3 Å². The van der Waals surface area contributed by atoms with Crippen molar-refractivity contribution in [2.75, 3.05) is 69.5 Å². The number of hydrogen-bond donors (Lipinski definition) is 3. The molecule has 1 saturated heterocycles. The number of amides is 2. The molecule has 3 spiro atoms. The zero-order valence-corrected chi connectivity index (χ0v) is 55.1. The monoisotopic (exact) mass is 1280 g/mol. The van der Waals surface area contributed by atoms with Crippen LogP contribution in [0.3, 0.4) is 0 Å². The number of carbonyl (C=O) groups excluding carboxylic acids is 2. The molecule has 13 rings (SSSR count). The summed E-state index contributed by atoms with van der Waals surface area (Å²) in [6, 6.07) is 23.4. The molecule has 4 aromatic rings. The molecule has 5 aliphatic heterocycles. The second-order valence-electron chi connectivity index (χ2n) is 27.8. The van der Waals surface area contributed by atoms with Crippen molar-refractivity contribution >= 4 is 72.0 Å². The van der Waals surface area contributed by atoms with Crippen molar-refractivity contribution in [2.45, 2.75) is 163 Å². The number of fused-ring (bicyclic) bond motifs is 9. The largest absolute Gasteiger partial charge is 0.490 e. The first-order valence-electron chi connectivity index (χ1n) is 32.4. The molecule has 0 radical (unpaired) electrons. The highest BCUT2D eigenvalue weighted by molar-refractivity contribution is 7.99. The normalized spacial score (nSPS) is 35.7. The van der Waals surface area contributed by atoms with Crippen molar-refractivity contribution < 1.29 is 46.3 Å². The molecule has 476 valence electrons. The van der Waals surface area contributed by atoms with Crippen LogP contribution in [0.1, 0.15) is 161 Å². The molecule has 9 aliphatic rings. The van der Waals surface area contributed by atoms with Crippen LogP contribution < -0.4 is 28.7 Å². The fourth-order valence-corrected chi connectivity index (χ4v) is 20.0. The van der Waals surface area contributed by atoms with Gasteiger partial charge in [0.1, 0.15) is 11.5 Å². The minimum absolute atomic E-state index is 0.0785. The third-order valence-corrected chi connectivity index (χ3v) is 27.3. The summed E-state index contributed by atoms with van der Waals surface area (Å²) in [5.74, 6) is 5.75. The van der Waals surface area contributed by atoms with Gasteiger partial charge < -0.3 is 33.9 Å². The number of ether oxygens (including phenoxy) is 4. The lowest BCUT2D eigenvalue weighted by atomic mass is 9.63. The molecular weight excluding hydrogens is 1190 g/mol. The van der Waals surface area contributed by atoms with Gasteiger partial charge in [0.25, 0.3) is 11.8 Å². The second kappa shape index (κ2) is 25.0. The van der Waals surface area contributed by atoms with Gasteiger partial charge in [-0.05, 0) is 234 Å². The average molecular weight is 1280 g/mol. The number of hydrogen-bond acceptors (Lipinski definition) is 12. The maximum Gasteiger partial charge on any atom is 0.264 e. The van der Waals surface area contributed by atoms with Gasteiger partial charge in [0.2, 0.25) is 10.0 Å². The molecule has 14 nitrogen and oxygen atoms in total. The molecule has 4 aliphatic carbocycles. The third-order valence-electron chi connectivity index (χ3n) is 22.8. The summed E-state index contributed by atoms with van der Waals surface area (Å²) >= 11 is 12.9. The maximum atomic E-state index is 13.8. The fourth-order valence-electron chi connectivity index (χ4n) is 16.8. The van der Waals surface area contributed by atoms with Gasteiger partial charge in [0, 0.05) is 77.1 Å². The molecule has 18 heteroatoms. The smallest absolute Gasteiger partial charge is 0.264 e. The Labute approximate surface area is 532 Å². The molecule has 4 aromatic carbocycles. The van der Waals surface area contributed by atoms with Crippen molar-refractivity contribution in [1.82, 2.24) is 9.44 Å². The Kier molecular flexibility index (Phi) is 18.0. The standard InChI is InChI=1S/C36H45ClN2O4S.C34H45ClN2O6S/c1-24-7-4-16-36(17-6-18-43-36)31-12-9-28(31)21-39-22-35(15-5-8-26-19-29(37)11-13-30(26)35)23-42-33-14-10-27(20-32(33)39)34(40)38-44(3,41)25(24)2;1-22-6-4-15-34(20-38,42-3)29-11-8-26(29)18-37-19-33(14-5-7-24-16-27(35)10-12-28(24)33)21-43-31-13-9-25(17-30(31)37)32(39)36-44(40,41)23(22)2/h4,10-11,13-14,16,19-20,24-25,28,31H,3,5-9,12,15,17-18,21-23H2,1-2H3,(H,38,40,41);9-10,12-13,16-17,22-23,26,29,38H,4-8,11,14-15,18-21H2,1-3H3,(H,36,39)/b16-4+;/t24-,25+,28-,31+,35-,36+,44?;22-,23+,26-,29+,33-,34+/m00/s1. The number of benzene rings is 4. The molecule has 3 fully saturated rings. The van der Waals surface area contributed by atoms with E-state index >= 15 is 0 Å². The molecule has 1 unspecified atom stereocenters. The summed E-state index contributed by atoms with van der Waals surface area (Å²) in [5, 5.41) is 11.2. The number of nitrogens with one attached hydrogen (secondary N) is 2. The second-order valence-corrected chi connectivity index (χ2v) is 33.1.